The number of amides is 1. The third-order valence-electron chi connectivity index (χ3n) is 3.14. The summed E-state index contributed by atoms with van der Waals surface area (Å²) in [7, 11) is 0.824. The minimum Gasteiger partial charge on any atom is -0.325 e. The Morgan fingerprint density at radius 3 is 2.27 bits per heavy atom. The smallest absolute Gasteiger partial charge is 0.238 e. The van der Waals surface area contributed by atoms with E-state index < -0.39 is 10.8 Å². The highest BCUT2D eigenvalue weighted by atomic mass is 32.2. The van der Waals surface area contributed by atoms with E-state index in [1.165, 1.54) is 0 Å². The molecule has 2 rings (SSSR count). The van der Waals surface area contributed by atoms with E-state index in [9.17, 15) is 9.00 Å². The van der Waals surface area contributed by atoms with E-state index in [4.69, 9.17) is 0 Å². The number of nitrogens with zero attached hydrogens (tertiary/aromatic N) is 1. The number of carbonyl (C=O) groups is 1. The fourth-order valence-electron chi connectivity index (χ4n) is 1.98. The molecule has 0 saturated carbocycles. The molecule has 0 heterocycles. The molecule has 0 spiro atoms. The minimum absolute atomic E-state index is 0.0702. The lowest BCUT2D eigenvalue weighted by Crippen LogP contribution is -2.32. The van der Waals surface area contributed by atoms with Crippen LogP contribution in [-0.4, -0.2) is 40.9 Å². The van der Waals surface area contributed by atoms with Gasteiger partial charge in [-0.3, -0.25) is 13.9 Å². The van der Waals surface area contributed by atoms with E-state index in [1.54, 1.807) is 0 Å². The maximum Gasteiger partial charge on any atom is 0.238 e. The van der Waals surface area contributed by atoms with Gasteiger partial charge in [0.15, 0.2) is 0 Å². The van der Waals surface area contributed by atoms with E-state index in [-0.39, 0.29) is 12.5 Å². The number of rotatable bonds is 7. The fourth-order valence-corrected chi connectivity index (χ4v) is 3.15. The molecule has 22 heavy (non-hydrogen) atoms. The second-order valence-corrected chi connectivity index (χ2v) is 6.59. The molecule has 0 saturated heterocycles. The van der Waals surface area contributed by atoms with Crippen LogP contribution < -0.4 is 5.32 Å². The van der Waals surface area contributed by atoms with Gasteiger partial charge in [0, 0.05) is 22.9 Å². The van der Waals surface area contributed by atoms with Gasteiger partial charge in [-0.1, -0.05) is 36.4 Å². The molecule has 0 unspecified atom stereocenters. The first kappa shape index (κ1) is 16.4. The van der Waals surface area contributed by atoms with Crippen LogP contribution in [0.1, 0.15) is 0 Å². The van der Waals surface area contributed by atoms with Crippen LogP contribution in [0, 0.1) is 0 Å². The van der Waals surface area contributed by atoms with Gasteiger partial charge >= 0.3 is 0 Å². The van der Waals surface area contributed by atoms with E-state index in [2.05, 4.69) is 5.32 Å². The lowest BCUT2D eigenvalue weighted by atomic mass is 10.3. The van der Waals surface area contributed by atoms with Crippen molar-refractivity contribution < 1.29 is 9.00 Å². The number of carbonyl (C=O) groups excluding carboxylic acids is 1. The second-order valence-electron chi connectivity index (χ2n) is 5.01. The molecule has 0 aliphatic heterocycles. The summed E-state index contributed by atoms with van der Waals surface area (Å²) in [5.41, 5.74) is 0.786. The number of hydrogen-bond donors (Lipinski definition) is 1. The number of nitrogens with one attached hydrogen (secondary N) is 1. The van der Waals surface area contributed by atoms with Gasteiger partial charge in [0.1, 0.15) is 0 Å². The van der Waals surface area contributed by atoms with Gasteiger partial charge in [0.05, 0.1) is 17.3 Å². The third-order valence-corrected chi connectivity index (χ3v) is 4.49. The molecule has 0 aliphatic carbocycles. The first-order chi connectivity index (χ1) is 10.6. The minimum atomic E-state index is -1.03. The Bertz CT molecular complexity index is 617. The molecule has 0 radical (unpaired) electrons. The number of para-hydroxylation sites is 1. The predicted molar refractivity (Wildman–Crippen MR) is 90.3 cm³/mol. The molecule has 1 N–H and O–H groups in total. The normalized spacial score (nSPS) is 12.1. The topological polar surface area (TPSA) is 49.4 Å². The van der Waals surface area contributed by atoms with E-state index in [1.807, 2.05) is 72.6 Å². The van der Waals surface area contributed by atoms with Crippen molar-refractivity contribution in [3.63, 3.8) is 0 Å². The molecule has 4 nitrogen and oxygen atoms in total. The Labute approximate surface area is 133 Å². The highest BCUT2D eigenvalue weighted by Crippen LogP contribution is 2.06. The molecule has 1 atom stereocenters. The Balaban J connectivity index is 1.74. The zero-order chi connectivity index (χ0) is 15.8. The zero-order valence-electron chi connectivity index (χ0n) is 12.6. The number of benzene rings is 2. The Morgan fingerprint density at radius 1 is 1.05 bits per heavy atom. The lowest BCUT2D eigenvalue weighted by Gasteiger charge is -2.16. The largest absolute Gasteiger partial charge is 0.325 e. The molecule has 0 bridgehead atoms. The van der Waals surface area contributed by atoms with Gasteiger partial charge in [0.25, 0.3) is 0 Å². The molecule has 0 aliphatic rings. The zero-order valence-corrected chi connectivity index (χ0v) is 13.4. The van der Waals surface area contributed by atoms with Gasteiger partial charge in [-0.15, -0.1) is 0 Å². The summed E-state index contributed by atoms with van der Waals surface area (Å²) < 4.78 is 12.1. The van der Waals surface area contributed by atoms with E-state index in [0.29, 0.717) is 12.3 Å². The summed E-state index contributed by atoms with van der Waals surface area (Å²) in [4.78, 5) is 14.6. The van der Waals surface area contributed by atoms with Crippen LogP contribution in [0.3, 0.4) is 0 Å². The standard InChI is InChI=1S/C17H20N2O2S/c1-19(12-13-22(21)16-10-6-3-7-11-16)14-17(20)18-15-8-4-2-5-9-15/h2-11H,12-14H2,1H3,(H,18,20)/t22-/m0/s1. The SMILES string of the molecule is CN(CC[S@](=O)c1ccccc1)CC(=O)Nc1ccccc1. The summed E-state index contributed by atoms with van der Waals surface area (Å²) in [6, 6.07) is 18.7. The predicted octanol–water partition coefficient (Wildman–Crippen LogP) is 2.36. The average Bonchev–Trinajstić information content (AvgIpc) is 2.54. The van der Waals surface area contributed by atoms with Crippen LogP contribution in [-0.2, 0) is 15.6 Å². The highest BCUT2D eigenvalue weighted by molar-refractivity contribution is 7.85. The van der Waals surface area contributed by atoms with Crippen molar-refractivity contribution in [1.82, 2.24) is 4.90 Å². The Kier molecular flexibility index (Phi) is 6.30. The summed E-state index contributed by atoms with van der Waals surface area (Å²) >= 11 is 0. The maximum absolute atomic E-state index is 12.1. The second kappa shape index (κ2) is 8.46. The molecule has 116 valence electrons. The molecular weight excluding hydrogens is 296 g/mol. The van der Waals surface area contributed by atoms with Gasteiger partial charge in [-0.25, -0.2) is 0 Å². The summed E-state index contributed by atoms with van der Waals surface area (Å²) in [6.07, 6.45) is 0. The van der Waals surface area contributed by atoms with Crippen molar-refractivity contribution in [3.8, 4) is 0 Å². The number of anilines is 1. The molecule has 2 aromatic carbocycles. The summed E-state index contributed by atoms with van der Waals surface area (Å²) in [5.74, 6) is 0.443. The van der Waals surface area contributed by atoms with Crippen molar-refractivity contribution in [3.05, 3.63) is 60.7 Å². The van der Waals surface area contributed by atoms with Crippen molar-refractivity contribution >= 4 is 22.4 Å². The van der Waals surface area contributed by atoms with Crippen LogP contribution >= 0.6 is 0 Å². The average molecular weight is 316 g/mol. The van der Waals surface area contributed by atoms with Crippen molar-refractivity contribution in [2.24, 2.45) is 0 Å². The van der Waals surface area contributed by atoms with Crippen LogP contribution in [0.15, 0.2) is 65.6 Å². The van der Waals surface area contributed by atoms with Crippen LogP contribution in [0.4, 0.5) is 5.69 Å². The quantitative estimate of drug-likeness (QED) is 0.853. The van der Waals surface area contributed by atoms with Gasteiger partial charge in [-0.2, -0.15) is 0 Å². The molecule has 5 heteroatoms. The molecule has 1 amide bonds. The van der Waals surface area contributed by atoms with Gasteiger partial charge < -0.3 is 5.32 Å². The van der Waals surface area contributed by atoms with Gasteiger partial charge in [0.2, 0.25) is 5.91 Å². The van der Waals surface area contributed by atoms with Crippen LogP contribution in [0.5, 0.6) is 0 Å². The lowest BCUT2D eigenvalue weighted by molar-refractivity contribution is -0.117. The molecular formula is C17H20N2O2S. The van der Waals surface area contributed by atoms with Crippen molar-refractivity contribution in [1.29, 1.82) is 0 Å². The van der Waals surface area contributed by atoms with E-state index in [0.717, 1.165) is 10.6 Å². The fraction of sp³-hybridized carbons (Fsp3) is 0.235. The van der Waals surface area contributed by atoms with Gasteiger partial charge in [-0.05, 0) is 31.3 Å². The summed E-state index contributed by atoms with van der Waals surface area (Å²) in [6.45, 7) is 0.880. The Hall–Kier alpha value is -1.98. The maximum atomic E-state index is 12.1. The van der Waals surface area contributed by atoms with Crippen LogP contribution in [0.25, 0.3) is 0 Å². The van der Waals surface area contributed by atoms with E-state index >= 15 is 0 Å². The van der Waals surface area contributed by atoms with Crippen molar-refractivity contribution in [2.45, 2.75) is 4.90 Å². The number of hydrogen-bond acceptors (Lipinski definition) is 3. The first-order valence-electron chi connectivity index (χ1n) is 7.12. The monoisotopic (exact) mass is 316 g/mol. The third kappa shape index (κ3) is 5.42. The molecule has 2 aromatic rings. The highest BCUT2D eigenvalue weighted by Gasteiger charge is 2.09. The first-order valence-corrected chi connectivity index (χ1v) is 8.44. The van der Waals surface area contributed by atoms with Crippen LogP contribution in [0.2, 0.25) is 0 Å². The Morgan fingerprint density at radius 2 is 1.64 bits per heavy atom. The van der Waals surface area contributed by atoms with Crippen molar-refractivity contribution in [2.75, 3.05) is 31.2 Å². The molecule has 0 aromatic heterocycles. The molecule has 0 fully saturated rings. The summed E-state index contributed by atoms with van der Waals surface area (Å²) in [5, 5.41) is 2.84. The number of likely N-dealkylation sites (N-methyl/N-ethyl adjacent to an activating group) is 1.